The monoisotopic (exact) mass is 537 g/mol. The zero-order chi connectivity index (χ0) is 27.0. The number of carbonyl (C=O) groups excluding carboxylic acids is 2. The van der Waals surface area contributed by atoms with E-state index >= 15 is 0 Å². The van der Waals surface area contributed by atoms with E-state index in [0.29, 0.717) is 38.8 Å². The number of nitrogens with one attached hydrogen (secondary N) is 1. The number of nitrogens with zero attached hydrogens (tertiary/aromatic N) is 2. The fourth-order valence-electron chi connectivity index (χ4n) is 4.00. The van der Waals surface area contributed by atoms with Gasteiger partial charge in [-0.05, 0) is 69.4 Å². The lowest BCUT2D eigenvalue weighted by atomic mass is 9.98. The van der Waals surface area contributed by atoms with Crippen molar-refractivity contribution in [2.75, 3.05) is 19.7 Å². The third-order valence-electron chi connectivity index (χ3n) is 6.02. The number of amides is 2. The molecule has 1 aromatic heterocycles. The zero-order valence-electron chi connectivity index (χ0n) is 22.1. The number of aromatic nitrogens is 1. The lowest BCUT2D eigenvalue weighted by Gasteiger charge is -2.31. The Morgan fingerprint density at radius 1 is 1.05 bits per heavy atom. The van der Waals surface area contributed by atoms with Crippen molar-refractivity contribution in [1.29, 1.82) is 0 Å². The number of carbonyl (C=O) groups is 2. The molecule has 2 amide bonds. The number of alkyl carbamates (subject to hydrolysis) is 1. The van der Waals surface area contributed by atoms with Gasteiger partial charge in [-0.3, -0.25) is 0 Å². The van der Waals surface area contributed by atoms with E-state index in [4.69, 9.17) is 14.2 Å². The number of thiazole rings is 1. The van der Waals surface area contributed by atoms with Crippen LogP contribution in [0.4, 0.5) is 9.59 Å². The summed E-state index contributed by atoms with van der Waals surface area (Å²) in [6.07, 6.45) is 2.85. The zero-order valence-corrected chi connectivity index (χ0v) is 23.0. The van der Waals surface area contributed by atoms with Crippen molar-refractivity contribution in [3.05, 3.63) is 71.2 Å². The molecule has 0 unspecified atom stereocenters. The molecule has 0 spiro atoms. The van der Waals surface area contributed by atoms with Gasteiger partial charge in [-0.25, -0.2) is 14.6 Å². The molecular weight excluding hydrogens is 502 g/mol. The summed E-state index contributed by atoms with van der Waals surface area (Å²) in [5, 5.41) is 3.64. The van der Waals surface area contributed by atoms with Gasteiger partial charge in [-0.1, -0.05) is 30.3 Å². The van der Waals surface area contributed by atoms with Crippen LogP contribution in [0.2, 0.25) is 0 Å². The molecule has 1 aliphatic heterocycles. The first-order valence-corrected chi connectivity index (χ1v) is 13.7. The Labute approximate surface area is 227 Å². The second-order valence-corrected chi connectivity index (χ2v) is 11.4. The fraction of sp³-hybridized carbons (Fsp3) is 0.414. The number of benzene rings is 2. The van der Waals surface area contributed by atoms with Crippen molar-refractivity contribution in [3.8, 4) is 16.3 Å². The van der Waals surface area contributed by atoms with Crippen LogP contribution in [0.25, 0.3) is 10.6 Å². The van der Waals surface area contributed by atoms with Crippen LogP contribution in [0.15, 0.2) is 60.8 Å². The molecule has 0 aliphatic carbocycles. The highest BCUT2D eigenvalue weighted by molar-refractivity contribution is 7.15. The second kappa shape index (κ2) is 12.8. The molecule has 8 nitrogen and oxygen atoms in total. The van der Waals surface area contributed by atoms with Gasteiger partial charge in [0.25, 0.3) is 0 Å². The number of piperidine rings is 1. The topological polar surface area (TPSA) is 90.0 Å². The van der Waals surface area contributed by atoms with E-state index in [-0.39, 0.29) is 6.09 Å². The minimum Gasteiger partial charge on any atom is -0.493 e. The second-order valence-electron chi connectivity index (χ2n) is 10.3. The standard InChI is InChI=1S/C29H35N3O5S/c1-29(2,3)37-27(33)31-18-25-17-30-26(38-25)23-9-11-24(12-10-23)35-19-22-13-15-32(16-14-22)28(34)36-20-21-7-5-4-6-8-21/h4-12,17,22H,13-16,18-20H2,1-3H3,(H,31,33). The molecule has 2 aromatic carbocycles. The Hall–Kier alpha value is -3.59. The minimum atomic E-state index is -0.527. The van der Waals surface area contributed by atoms with Crippen molar-refractivity contribution in [1.82, 2.24) is 15.2 Å². The van der Waals surface area contributed by atoms with Crippen molar-refractivity contribution in [2.45, 2.75) is 52.4 Å². The molecule has 0 bridgehead atoms. The maximum Gasteiger partial charge on any atom is 0.410 e. The normalized spacial score (nSPS) is 14.1. The Morgan fingerprint density at radius 3 is 2.45 bits per heavy atom. The van der Waals surface area contributed by atoms with Crippen LogP contribution in [-0.4, -0.2) is 47.4 Å². The Kier molecular flexibility index (Phi) is 9.23. The number of rotatable bonds is 8. The summed E-state index contributed by atoms with van der Waals surface area (Å²) in [6.45, 7) is 8.14. The van der Waals surface area contributed by atoms with E-state index < -0.39 is 11.7 Å². The minimum absolute atomic E-state index is 0.255. The van der Waals surface area contributed by atoms with Gasteiger partial charge in [0.15, 0.2) is 0 Å². The summed E-state index contributed by atoms with van der Waals surface area (Å²) >= 11 is 1.53. The molecule has 0 radical (unpaired) electrons. The molecule has 2 heterocycles. The first-order chi connectivity index (χ1) is 18.2. The first kappa shape index (κ1) is 27.4. The van der Waals surface area contributed by atoms with Crippen LogP contribution in [0, 0.1) is 5.92 Å². The lowest BCUT2D eigenvalue weighted by molar-refractivity contribution is 0.0524. The highest BCUT2D eigenvalue weighted by Gasteiger charge is 2.24. The van der Waals surface area contributed by atoms with Crippen molar-refractivity contribution in [2.24, 2.45) is 5.92 Å². The molecule has 202 valence electrons. The molecule has 38 heavy (non-hydrogen) atoms. The quantitative estimate of drug-likeness (QED) is 0.365. The number of hydrogen-bond acceptors (Lipinski definition) is 7. The molecule has 4 rings (SSSR count). The van der Waals surface area contributed by atoms with Gasteiger partial charge in [-0.15, -0.1) is 11.3 Å². The van der Waals surface area contributed by atoms with E-state index in [9.17, 15) is 9.59 Å². The molecule has 1 aliphatic rings. The van der Waals surface area contributed by atoms with Crippen LogP contribution >= 0.6 is 11.3 Å². The molecule has 1 N–H and O–H groups in total. The molecule has 1 fully saturated rings. The van der Waals surface area contributed by atoms with E-state index in [2.05, 4.69) is 10.3 Å². The highest BCUT2D eigenvalue weighted by atomic mass is 32.1. The SMILES string of the molecule is CC(C)(C)OC(=O)NCc1cnc(-c2ccc(OCC3CCN(C(=O)OCc4ccccc4)CC3)cc2)s1. The van der Waals surface area contributed by atoms with Gasteiger partial charge in [0.2, 0.25) is 0 Å². The van der Waals surface area contributed by atoms with E-state index in [1.807, 2.05) is 75.4 Å². The number of hydrogen-bond donors (Lipinski definition) is 1. The molecule has 3 aromatic rings. The largest absolute Gasteiger partial charge is 0.493 e. The third kappa shape index (κ3) is 8.48. The van der Waals surface area contributed by atoms with Gasteiger partial charge < -0.3 is 24.4 Å². The average molecular weight is 538 g/mol. The van der Waals surface area contributed by atoms with Gasteiger partial charge in [-0.2, -0.15) is 0 Å². The summed E-state index contributed by atoms with van der Waals surface area (Å²) in [7, 11) is 0. The first-order valence-electron chi connectivity index (χ1n) is 12.9. The average Bonchev–Trinajstić information content (AvgIpc) is 3.39. The van der Waals surface area contributed by atoms with Crippen molar-refractivity contribution < 1.29 is 23.8 Å². The van der Waals surface area contributed by atoms with Gasteiger partial charge in [0.05, 0.1) is 13.2 Å². The lowest BCUT2D eigenvalue weighted by Crippen LogP contribution is -2.39. The summed E-state index contributed by atoms with van der Waals surface area (Å²) in [6, 6.07) is 17.6. The van der Waals surface area contributed by atoms with Gasteiger partial charge >= 0.3 is 12.2 Å². The predicted molar refractivity (Wildman–Crippen MR) is 147 cm³/mol. The Balaban J connectivity index is 1.17. The van der Waals surface area contributed by atoms with Crippen LogP contribution in [0.1, 0.15) is 44.1 Å². The number of likely N-dealkylation sites (tertiary alicyclic amines) is 1. The van der Waals surface area contributed by atoms with Crippen LogP contribution in [0.3, 0.4) is 0 Å². The van der Waals surface area contributed by atoms with Gasteiger partial charge in [0, 0.05) is 29.7 Å². The third-order valence-corrected chi connectivity index (χ3v) is 7.07. The fourth-order valence-corrected chi connectivity index (χ4v) is 4.85. The van der Waals surface area contributed by atoms with Crippen molar-refractivity contribution >= 4 is 23.5 Å². The molecule has 9 heteroatoms. The van der Waals surface area contributed by atoms with Crippen LogP contribution < -0.4 is 10.1 Å². The summed E-state index contributed by atoms with van der Waals surface area (Å²) in [5.74, 6) is 1.20. The molecular formula is C29H35N3O5S. The van der Waals surface area contributed by atoms with E-state index in [1.165, 1.54) is 11.3 Å². The smallest absolute Gasteiger partial charge is 0.410 e. The number of ether oxygens (including phenoxy) is 3. The maximum atomic E-state index is 12.4. The van der Waals surface area contributed by atoms with Crippen LogP contribution in [0.5, 0.6) is 5.75 Å². The molecule has 0 saturated carbocycles. The Bertz CT molecular complexity index is 1180. The van der Waals surface area contributed by atoms with E-state index in [1.54, 1.807) is 11.1 Å². The molecule has 1 saturated heterocycles. The highest BCUT2D eigenvalue weighted by Crippen LogP contribution is 2.28. The summed E-state index contributed by atoms with van der Waals surface area (Å²) < 4.78 is 16.8. The van der Waals surface area contributed by atoms with E-state index in [0.717, 1.165) is 39.6 Å². The molecule has 0 atom stereocenters. The summed E-state index contributed by atoms with van der Waals surface area (Å²) in [5.41, 5.74) is 1.45. The summed E-state index contributed by atoms with van der Waals surface area (Å²) in [4.78, 5) is 31.4. The van der Waals surface area contributed by atoms with Crippen molar-refractivity contribution in [3.63, 3.8) is 0 Å². The van der Waals surface area contributed by atoms with Gasteiger partial charge in [0.1, 0.15) is 23.0 Å². The Morgan fingerprint density at radius 2 is 1.76 bits per heavy atom. The van der Waals surface area contributed by atoms with Crippen LogP contribution in [-0.2, 0) is 22.6 Å². The predicted octanol–water partition coefficient (Wildman–Crippen LogP) is 6.26. The maximum absolute atomic E-state index is 12.4.